The molecule has 1 aromatic heterocycles. The summed E-state index contributed by atoms with van der Waals surface area (Å²) in [6.07, 6.45) is 2.11. The number of ether oxygens (including phenoxy) is 2. The molecule has 7 heteroatoms. The monoisotopic (exact) mass is 383 g/mol. The number of benzene rings is 2. The molecule has 0 radical (unpaired) electrons. The molecule has 1 amide bonds. The van der Waals surface area contributed by atoms with E-state index in [4.69, 9.17) is 21.1 Å². The second kappa shape index (κ2) is 6.96. The van der Waals surface area contributed by atoms with Crippen molar-refractivity contribution in [1.29, 1.82) is 0 Å². The van der Waals surface area contributed by atoms with Crippen LogP contribution in [0.15, 0.2) is 48.7 Å². The van der Waals surface area contributed by atoms with Crippen LogP contribution in [0.2, 0.25) is 5.02 Å². The van der Waals surface area contributed by atoms with Crippen LogP contribution in [0.5, 0.6) is 11.5 Å². The maximum absolute atomic E-state index is 12.4. The van der Waals surface area contributed by atoms with Gasteiger partial charge in [-0.15, -0.1) is 0 Å². The largest absolute Gasteiger partial charge is 0.493 e. The van der Waals surface area contributed by atoms with E-state index < -0.39 is 0 Å². The molecule has 4 rings (SSSR count). The van der Waals surface area contributed by atoms with Gasteiger partial charge in [0.2, 0.25) is 5.91 Å². The number of rotatable bonds is 4. The van der Waals surface area contributed by atoms with Gasteiger partial charge in [-0.05, 0) is 29.8 Å². The Morgan fingerprint density at radius 3 is 2.67 bits per heavy atom. The van der Waals surface area contributed by atoms with Crippen LogP contribution < -0.4 is 14.8 Å². The maximum Gasteiger partial charge on any atom is 0.226 e. The third kappa shape index (κ3) is 3.02. The first kappa shape index (κ1) is 17.4. The maximum atomic E-state index is 12.4. The van der Waals surface area contributed by atoms with Crippen molar-refractivity contribution in [3.8, 4) is 17.2 Å². The molecule has 2 aromatic carbocycles. The van der Waals surface area contributed by atoms with Gasteiger partial charge in [-0.3, -0.25) is 4.79 Å². The first-order chi connectivity index (χ1) is 13.1. The summed E-state index contributed by atoms with van der Waals surface area (Å²) in [5.74, 6) is 1.70. The molecule has 1 N–H and O–H groups in total. The fraction of sp³-hybridized carbons (Fsp3) is 0.200. The van der Waals surface area contributed by atoms with Gasteiger partial charge in [0.25, 0.3) is 0 Å². The normalized spacial score (nSPS) is 15.8. The molecule has 0 bridgehead atoms. The van der Waals surface area contributed by atoms with Crippen molar-refractivity contribution < 1.29 is 14.3 Å². The first-order valence-corrected chi connectivity index (χ1v) is 8.84. The van der Waals surface area contributed by atoms with Gasteiger partial charge in [-0.25, -0.2) is 4.68 Å². The highest BCUT2D eigenvalue weighted by atomic mass is 35.5. The van der Waals surface area contributed by atoms with E-state index in [0.29, 0.717) is 34.4 Å². The molecule has 27 heavy (non-hydrogen) atoms. The highest BCUT2D eigenvalue weighted by Crippen LogP contribution is 2.41. The Balaban J connectivity index is 1.81. The fourth-order valence-corrected chi connectivity index (χ4v) is 3.61. The zero-order chi connectivity index (χ0) is 19.0. The molecule has 1 aliphatic heterocycles. The van der Waals surface area contributed by atoms with Gasteiger partial charge < -0.3 is 14.8 Å². The number of nitrogens with one attached hydrogen (secondary N) is 1. The molecule has 0 saturated carbocycles. The zero-order valence-corrected chi connectivity index (χ0v) is 15.7. The van der Waals surface area contributed by atoms with Gasteiger partial charge >= 0.3 is 0 Å². The van der Waals surface area contributed by atoms with Crippen molar-refractivity contribution in [3.63, 3.8) is 0 Å². The summed E-state index contributed by atoms with van der Waals surface area (Å²) in [5, 5.41) is 7.97. The summed E-state index contributed by atoms with van der Waals surface area (Å²) in [6, 6.07) is 13.1. The van der Waals surface area contributed by atoms with Crippen LogP contribution in [0.4, 0.5) is 5.82 Å². The lowest BCUT2D eigenvalue weighted by Gasteiger charge is -2.24. The van der Waals surface area contributed by atoms with Gasteiger partial charge in [0.05, 0.1) is 31.1 Å². The van der Waals surface area contributed by atoms with Crippen LogP contribution in [0.3, 0.4) is 0 Å². The Labute approximate surface area is 161 Å². The van der Waals surface area contributed by atoms with Crippen LogP contribution in [-0.2, 0) is 4.79 Å². The van der Waals surface area contributed by atoms with Gasteiger partial charge in [0, 0.05) is 17.9 Å². The molecular formula is C20H18ClN3O3. The zero-order valence-electron chi connectivity index (χ0n) is 14.9. The lowest BCUT2D eigenvalue weighted by Crippen LogP contribution is -2.24. The summed E-state index contributed by atoms with van der Waals surface area (Å²) < 4.78 is 12.4. The standard InChI is InChI=1S/C20H18ClN3O3/c1-26-17-8-7-12(9-18(17)27-2)13-10-19(25)23-20-14(13)11-22-24(20)16-6-4-3-5-15(16)21/h3-9,11,13H,10H2,1-2H3,(H,23,25). The van der Waals surface area contributed by atoms with E-state index in [0.717, 1.165) is 11.1 Å². The van der Waals surface area contributed by atoms with E-state index in [1.165, 1.54) is 0 Å². The van der Waals surface area contributed by atoms with Crippen LogP contribution in [0.25, 0.3) is 5.69 Å². The summed E-state index contributed by atoms with van der Waals surface area (Å²) in [6.45, 7) is 0. The number of hydrogen-bond donors (Lipinski definition) is 1. The van der Waals surface area contributed by atoms with E-state index in [1.807, 2.05) is 36.4 Å². The number of fused-ring (bicyclic) bond motifs is 1. The molecular weight excluding hydrogens is 366 g/mol. The first-order valence-electron chi connectivity index (χ1n) is 8.47. The number of halogens is 1. The van der Waals surface area contributed by atoms with E-state index >= 15 is 0 Å². The van der Waals surface area contributed by atoms with E-state index in [9.17, 15) is 4.79 Å². The number of methoxy groups -OCH3 is 2. The third-order valence-electron chi connectivity index (χ3n) is 4.71. The van der Waals surface area contributed by atoms with Crippen LogP contribution >= 0.6 is 11.6 Å². The van der Waals surface area contributed by atoms with Crippen molar-refractivity contribution in [3.05, 3.63) is 64.8 Å². The van der Waals surface area contributed by atoms with E-state index in [2.05, 4.69) is 10.4 Å². The van der Waals surface area contributed by atoms with Crippen LogP contribution in [0, 0.1) is 0 Å². The molecule has 1 aliphatic rings. The van der Waals surface area contributed by atoms with Crippen LogP contribution in [-0.4, -0.2) is 29.9 Å². The van der Waals surface area contributed by atoms with Gasteiger partial charge in [-0.2, -0.15) is 5.10 Å². The molecule has 0 spiro atoms. The number of para-hydroxylation sites is 1. The molecule has 6 nitrogen and oxygen atoms in total. The minimum Gasteiger partial charge on any atom is -0.493 e. The SMILES string of the molecule is COc1ccc(C2CC(=O)Nc3c2cnn3-c2ccccc2Cl)cc1OC. The van der Waals surface area contributed by atoms with Crippen molar-refractivity contribution >= 4 is 23.3 Å². The Kier molecular flexibility index (Phi) is 4.49. The fourth-order valence-electron chi connectivity index (χ4n) is 3.39. The average molecular weight is 384 g/mol. The summed E-state index contributed by atoms with van der Waals surface area (Å²) >= 11 is 6.32. The molecule has 3 aromatic rings. The van der Waals surface area contributed by atoms with Crippen molar-refractivity contribution in [2.24, 2.45) is 0 Å². The second-order valence-corrected chi connectivity index (χ2v) is 6.64. The third-order valence-corrected chi connectivity index (χ3v) is 5.03. The van der Waals surface area contributed by atoms with E-state index in [1.54, 1.807) is 31.2 Å². The van der Waals surface area contributed by atoms with Crippen LogP contribution in [0.1, 0.15) is 23.5 Å². The number of hydrogen-bond acceptors (Lipinski definition) is 4. The number of carbonyl (C=O) groups excluding carboxylic acids is 1. The van der Waals surface area contributed by atoms with Crippen molar-refractivity contribution in [2.75, 3.05) is 19.5 Å². The van der Waals surface area contributed by atoms with E-state index in [-0.39, 0.29) is 11.8 Å². The van der Waals surface area contributed by atoms with Crippen molar-refractivity contribution in [1.82, 2.24) is 9.78 Å². The lowest BCUT2D eigenvalue weighted by molar-refractivity contribution is -0.116. The predicted molar refractivity (Wildman–Crippen MR) is 103 cm³/mol. The van der Waals surface area contributed by atoms with Gasteiger partial charge in [0.1, 0.15) is 5.82 Å². The summed E-state index contributed by atoms with van der Waals surface area (Å²) in [5.41, 5.74) is 2.61. The average Bonchev–Trinajstić information content (AvgIpc) is 3.10. The van der Waals surface area contributed by atoms with Crippen molar-refractivity contribution in [2.45, 2.75) is 12.3 Å². The molecule has 1 atom stereocenters. The quantitative estimate of drug-likeness (QED) is 0.739. The minimum absolute atomic E-state index is 0.0731. The number of anilines is 1. The minimum atomic E-state index is -0.134. The number of amides is 1. The summed E-state index contributed by atoms with van der Waals surface area (Å²) in [4.78, 5) is 12.4. The molecule has 0 aliphatic carbocycles. The second-order valence-electron chi connectivity index (χ2n) is 6.23. The topological polar surface area (TPSA) is 65.4 Å². The highest BCUT2D eigenvalue weighted by molar-refractivity contribution is 6.32. The Hall–Kier alpha value is -2.99. The molecule has 0 fully saturated rings. The number of nitrogens with zero attached hydrogens (tertiary/aromatic N) is 2. The molecule has 0 saturated heterocycles. The summed E-state index contributed by atoms with van der Waals surface area (Å²) in [7, 11) is 3.19. The Bertz CT molecular complexity index is 1020. The lowest BCUT2D eigenvalue weighted by atomic mass is 9.87. The Morgan fingerprint density at radius 2 is 1.93 bits per heavy atom. The van der Waals surface area contributed by atoms with Gasteiger partial charge in [-0.1, -0.05) is 29.8 Å². The number of carbonyl (C=O) groups is 1. The molecule has 1 unspecified atom stereocenters. The molecule has 2 heterocycles. The number of aromatic nitrogens is 2. The smallest absolute Gasteiger partial charge is 0.226 e. The molecule has 138 valence electrons. The highest BCUT2D eigenvalue weighted by Gasteiger charge is 2.31. The predicted octanol–water partition coefficient (Wildman–Crippen LogP) is 4.02. The van der Waals surface area contributed by atoms with Gasteiger partial charge in [0.15, 0.2) is 11.5 Å². The Morgan fingerprint density at radius 1 is 1.15 bits per heavy atom.